The summed E-state index contributed by atoms with van der Waals surface area (Å²) in [5.74, 6) is 0.871. The fourth-order valence-electron chi connectivity index (χ4n) is 1.44. The second-order valence-electron chi connectivity index (χ2n) is 3.66. The fourth-order valence-corrected chi connectivity index (χ4v) is 1.44. The van der Waals surface area contributed by atoms with Crippen molar-refractivity contribution in [1.82, 2.24) is 15.1 Å². The van der Waals surface area contributed by atoms with Crippen LogP contribution in [0.1, 0.15) is 23.2 Å². The van der Waals surface area contributed by atoms with E-state index in [1.54, 1.807) is 19.1 Å². The Labute approximate surface area is 110 Å². The van der Waals surface area contributed by atoms with Gasteiger partial charge in [-0.3, -0.25) is 0 Å². The molecule has 0 atom stereocenters. The van der Waals surface area contributed by atoms with Gasteiger partial charge in [-0.2, -0.15) is 4.98 Å². The molecule has 0 amide bonds. The topological polar surface area (TPSA) is 90.1 Å². The highest BCUT2D eigenvalue weighted by Crippen LogP contribution is 2.06. The van der Waals surface area contributed by atoms with E-state index in [0.29, 0.717) is 36.8 Å². The molecule has 0 saturated carbocycles. The van der Waals surface area contributed by atoms with Crippen molar-refractivity contribution in [2.45, 2.75) is 13.3 Å². The Bertz CT molecular complexity index is 510. The first-order chi connectivity index (χ1) is 9.29. The van der Waals surface area contributed by atoms with Gasteiger partial charge in [-0.05, 0) is 19.1 Å². The minimum absolute atomic E-state index is 0.350. The van der Waals surface area contributed by atoms with Gasteiger partial charge in [-0.1, -0.05) is 5.16 Å². The van der Waals surface area contributed by atoms with Gasteiger partial charge in [0.15, 0.2) is 6.33 Å². The van der Waals surface area contributed by atoms with Gasteiger partial charge in [0, 0.05) is 19.2 Å². The molecule has 2 aromatic heterocycles. The molecule has 2 aromatic rings. The number of carbonyl (C=O) groups excluding carboxylic acids is 1. The van der Waals surface area contributed by atoms with Crippen LogP contribution < -0.4 is 5.32 Å². The molecular weight excluding hydrogens is 248 g/mol. The summed E-state index contributed by atoms with van der Waals surface area (Å²) >= 11 is 0. The molecule has 0 aliphatic heterocycles. The number of carbonyl (C=O) groups is 1. The van der Waals surface area contributed by atoms with E-state index in [1.165, 1.54) is 12.5 Å². The molecule has 2 rings (SSSR count). The third-order valence-electron chi connectivity index (χ3n) is 2.33. The average Bonchev–Trinajstić information content (AvgIpc) is 2.93. The molecule has 7 heteroatoms. The van der Waals surface area contributed by atoms with Crippen molar-refractivity contribution in [1.29, 1.82) is 0 Å². The number of hydrogen-bond acceptors (Lipinski definition) is 7. The minimum Gasteiger partial charge on any atom is -0.462 e. The maximum atomic E-state index is 11.4. The van der Waals surface area contributed by atoms with E-state index in [9.17, 15) is 4.79 Å². The van der Waals surface area contributed by atoms with Crippen LogP contribution in [-0.2, 0) is 11.2 Å². The van der Waals surface area contributed by atoms with Gasteiger partial charge < -0.3 is 14.6 Å². The molecule has 2 heterocycles. The lowest BCUT2D eigenvalue weighted by molar-refractivity contribution is 0.0526. The zero-order valence-corrected chi connectivity index (χ0v) is 10.5. The van der Waals surface area contributed by atoms with Crippen molar-refractivity contribution in [3.63, 3.8) is 0 Å². The second kappa shape index (κ2) is 6.48. The molecule has 19 heavy (non-hydrogen) atoms. The maximum Gasteiger partial charge on any atom is 0.339 e. The summed E-state index contributed by atoms with van der Waals surface area (Å²) < 4.78 is 9.74. The third kappa shape index (κ3) is 3.77. The van der Waals surface area contributed by atoms with E-state index in [-0.39, 0.29) is 5.97 Å². The fraction of sp³-hybridized carbons (Fsp3) is 0.333. The number of aromatic nitrogens is 3. The van der Waals surface area contributed by atoms with Crippen LogP contribution in [0.5, 0.6) is 0 Å². The van der Waals surface area contributed by atoms with Crippen molar-refractivity contribution in [2.75, 3.05) is 18.5 Å². The summed E-state index contributed by atoms with van der Waals surface area (Å²) in [6.45, 7) is 2.73. The molecule has 0 aliphatic rings. The third-order valence-corrected chi connectivity index (χ3v) is 2.33. The van der Waals surface area contributed by atoms with E-state index in [0.717, 1.165) is 0 Å². The molecule has 0 fully saturated rings. The van der Waals surface area contributed by atoms with E-state index < -0.39 is 0 Å². The normalized spacial score (nSPS) is 10.2. The van der Waals surface area contributed by atoms with Crippen molar-refractivity contribution in [2.24, 2.45) is 0 Å². The highest BCUT2D eigenvalue weighted by molar-refractivity contribution is 5.89. The van der Waals surface area contributed by atoms with Crippen LogP contribution in [0.25, 0.3) is 0 Å². The van der Waals surface area contributed by atoms with Gasteiger partial charge in [0.2, 0.25) is 5.89 Å². The summed E-state index contributed by atoms with van der Waals surface area (Å²) in [5, 5.41) is 6.61. The number of hydrogen-bond donors (Lipinski definition) is 1. The van der Waals surface area contributed by atoms with Crippen molar-refractivity contribution < 1.29 is 14.1 Å². The van der Waals surface area contributed by atoms with Crippen LogP contribution in [0, 0.1) is 0 Å². The van der Waals surface area contributed by atoms with Crippen LogP contribution in [0.3, 0.4) is 0 Å². The summed E-state index contributed by atoms with van der Waals surface area (Å²) in [4.78, 5) is 19.4. The monoisotopic (exact) mass is 262 g/mol. The Morgan fingerprint density at radius 2 is 2.32 bits per heavy atom. The Morgan fingerprint density at radius 3 is 2.95 bits per heavy atom. The van der Waals surface area contributed by atoms with Crippen LogP contribution >= 0.6 is 0 Å². The molecule has 0 bridgehead atoms. The van der Waals surface area contributed by atoms with Gasteiger partial charge in [-0.15, -0.1) is 0 Å². The van der Waals surface area contributed by atoms with E-state index in [1.807, 2.05) is 0 Å². The summed E-state index contributed by atoms with van der Waals surface area (Å²) in [7, 11) is 0. The Morgan fingerprint density at radius 1 is 1.42 bits per heavy atom. The largest absolute Gasteiger partial charge is 0.462 e. The molecule has 0 radical (unpaired) electrons. The molecular formula is C12H14N4O3. The van der Waals surface area contributed by atoms with Crippen LogP contribution in [-0.4, -0.2) is 34.2 Å². The van der Waals surface area contributed by atoms with E-state index in [4.69, 9.17) is 9.26 Å². The predicted molar refractivity (Wildman–Crippen MR) is 66.7 cm³/mol. The lowest BCUT2D eigenvalue weighted by Crippen LogP contribution is -2.08. The second-order valence-corrected chi connectivity index (χ2v) is 3.66. The van der Waals surface area contributed by atoms with Gasteiger partial charge in [0.05, 0.1) is 12.2 Å². The molecule has 1 N–H and O–H groups in total. The van der Waals surface area contributed by atoms with Gasteiger partial charge in [0.1, 0.15) is 5.82 Å². The Kier molecular flexibility index (Phi) is 4.44. The standard InChI is InChI=1S/C12H14N4O3/c1-2-18-12(17)9-3-4-10(14-7-9)13-6-5-11-15-8-16-19-11/h3-4,7-8H,2,5-6H2,1H3,(H,13,14). The first-order valence-corrected chi connectivity index (χ1v) is 5.92. The summed E-state index contributed by atoms with van der Waals surface area (Å²) in [5.41, 5.74) is 0.435. The number of rotatable bonds is 6. The van der Waals surface area contributed by atoms with Gasteiger partial charge >= 0.3 is 5.97 Å². The molecule has 7 nitrogen and oxygen atoms in total. The Balaban J connectivity index is 1.83. The first-order valence-electron chi connectivity index (χ1n) is 5.92. The Hall–Kier alpha value is -2.44. The minimum atomic E-state index is -0.368. The first kappa shape index (κ1) is 13.0. The zero-order chi connectivity index (χ0) is 13.5. The van der Waals surface area contributed by atoms with Crippen molar-refractivity contribution >= 4 is 11.8 Å². The molecule has 0 aliphatic carbocycles. The van der Waals surface area contributed by atoms with Gasteiger partial charge in [0.25, 0.3) is 0 Å². The van der Waals surface area contributed by atoms with E-state index >= 15 is 0 Å². The van der Waals surface area contributed by atoms with Crippen LogP contribution in [0.4, 0.5) is 5.82 Å². The lowest BCUT2D eigenvalue weighted by Gasteiger charge is -2.05. The quantitative estimate of drug-likeness (QED) is 0.784. The summed E-state index contributed by atoms with van der Waals surface area (Å²) in [6.07, 6.45) is 3.45. The highest BCUT2D eigenvalue weighted by Gasteiger charge is 2.06. The molecule has 0 unspecified atom stereocenters. The molecule has 0 saturated heterocycles. The van der Waals surface area contributed by atoms with Crippen LogP contribution in [0.15, 0.2) is 29.2 Å². The van der Waals surface area contributed by atoms with E-state index in [2.05, 4.69) is 20.4 Å². The number of anilines is 1. The number of ether oxygens (including phenoxy) is 1. The average molecular weight is 262 g/mol. The van der Waals surface area contributed by atoms with Crippen molar-refractivity contribution in [3.8, 4) is 0 Å². The summed E-state index contributed by atoms with van der Waals surface area (Å²) in [6, 6.07) is 3.39. The molecule has 0 spiro atoms. The highest BCUT2D eigenvalue weighted by atomic mass is 16.5. The lowest BCUT2D eigenvalue weighted by atomic mass is 10.3. The zero-order valence-electron chi connectivity index (χ0n) is 10.5. The SMILES string of the molecule is CCOC(=O)c1ccc(NCCc2ncno2)nc1. The molecule has 0 aromatic carbocycles. The number of nitrogens with one attached hydrogen (secondary N) is 1. The smallest absolute Gasteiger partial charge is 0.339 e. The number of esters is 1. The maximum absolute atomic E-state index is 11.4. The van der Waals surface area contributed by atoms with Crippen LogP contribution in [0.2, 0.25) is 0 Å². The molecule has 100 valence electrons. The number of pyridine rings is 1. The van der Waals surface area contributed by atoms with Crippen molar-refractivity contribution in [3.05, 3.63) is 36.1 Å². The predicted octanol–water partition coefficient (Wildman–Crippen LogP) is 1.30. The van der Waals surface area contributed by atoms with Gasteiger partial charge in [-0.25, -0.2) is 9.78 Å². The number of nitrogens with zero attached hydrogens (tertiary/aromatic N) is 3.